The molecule has 0 aromatic heterocycles. The Morgan fingerprint density at radius 1 is 1.10 bits per heavy atom. The van der Waals surface area contributed by atoms with Crippen LogP contribution in [0.5, 0.6) is 11.5 Å². The van der Waals surface area contributed by atoms with Gasteiger partial charge >= 0.3 is 0 Å². The highest BCUT2D eigenvalue weighted by Gasteiger charge is 2.19. The van der Waals surface area contributed by atoms with Crippen LogP contribution in [0.2, 0.25) is 0 Å². The molecule has 2 aromatic carbocycles. The molecule has 0 saturated heterocycles. The summed E-state index contributed by atoms with van der Waals surface area (Å²) >= 11 is 3.40. The lowest BCUT2D eigenvalue weighted by atomic mass is 10.00. The van der Waals surface area contributed by atoms with Crippen LogP contribution in [0.25, 0.3) is 0 Å². The third-order valence-electron chi connectivity index (χ3n) is 3.09. The van der Waals surface area contributed by atoms with Gasteiger partial charge in [-0.2, -0.15) is 0 Å². The second kappa shape index (κ2) is 6.76. The Labute approximate surface area is 133 Å². The van der Waals surface area contributed by atoms with E-state index in [1.54, 1.807) is 25.3 Å². The second-order valence-electron chi connectivity index (χ2n) is 4.61. The van der Waals surface area contributed by atoms with Crippen LogP contribution >= 0.6 is 15.9 Å². The van der Waals surface area contributed by atoms with Gasteiger partial charge in [0.2, 0.25) is 5.78 Å². The predicted molar refractivity (Wildman–Crippen MR) is 86.5 cm³/mol. The van der Waals surface area contributed by atoms with Gasteiger partial charge in [-0.15, -0.1) is 0 Å². The number of aryl methyl sites for hydroxylation is 1. The van der Waals surface area contributed by atoms with Crippen molar-refractivity contribution in [2.24, 2.45) is 0 Å². The number of carbonyl (C=O) groups excluding carboxylic acids is 1. The normalized spacial score (nSPS) is 10.3. The molecule has 2 rings (SSSR count). The first-order valence-electron chi connectivity index (χ1n) is 6.68. The van der Waals surface area contributed by atoms with E-state index in [1.165, 1.54) is 0 Å². The van der Waals surface area contributed by atoms with Crippen molar-refractivity contribution in [1.29, 1.82) is 0 Å². The minimum atomic E-state index is -0.111. The molecule has 0 N–H and O–H groups in total. The molecule has 0 aliphatic heterocycles. The van der Waals surface area contributed by atoms with Crippen LogP contribution < -0.4 is 9.47 Å². The summed E-state index contributed by atoms with van der Waals surface area (Å²) in [4.78, 5) is 12.8. The number of rotatable bonds is 5. The molecule has 3 nitrogen and oxygen atoms in total. The average Bonchev–Trinajstić information content (AvgIpc) is 2.48. The molecule has 0 aliphatic rings. The monoisotopic (exact) mass is 348 g/mol. The van der Waals surface area contributed by atoms with E-state index >= 15 is 0 Å². The summed E-state index contributed by atoms with van der Waals surface area (Å²) in [6, 6.07) is 11.0. The number of carbonyl (C=O) groups is 1. The van der Waals surface area contributed by atoms with Crippen LogP contribution in [-0.2, 0) is 0 Å². The summed E-state index contributed by atoms with van der Waals surface area (Å²) in [5.41, 5.74) is 2.07. The predicted octanol–water partition coefficient (Wildman–Crippen LogP) is 4.40. The Morgan fingerprint density at radius 3 is 2.43 bits per heavy atom. The zero-order valence-electron chi connectivity index (χ0n) is 12.3. The Kier molecular flexibility index (Phi) is 5.02. The van der Waals surface area contributed by atoms with Gasteiger partial charge in [0.1, 0.15) is 11.5 Å². The number of methoxy groups -OCH3 is 1. The first kappa shape index (κ1) is 15.6. The molecule has 0 saturated carbocycles. The summed E-state index contributed by atoms with van der Waals surface area (Å²) < 4.78 is 11.7. The minimum absolute atomic E-state index is 0.111. The Morgan fingerprint density at radius 2 is 1.76 bits per heavy atom. The van der Waals surface area contributed by atoms with Crippen LogP contribution in [0, 0.1) is 6.92 Å². The molecule has 110 valence electrons. The van der Waals surface area contributed by atoms with Crippen LogP contribution in [0.15, 0.2) is 40.9 Å². The first-order chi connectivity index (χ1) is 10.1. The third-order valence-corrected chi connectivity index (χ3v) is 3.58. The maximum absolute atomic E-state index is 12.8. The van der Waals surface area contributed by atoms with E-state index in [9.17, 15) is 4.79 Å². The molecule has 0 aliphatic carbocycles. The first-order valence-corrected chi connectivity index (χ1v) is 7.47. The molecule has 4 heteroatoms. The van der Waals surface area contributed by atoms with Gasteiger partial charge in [0.05, 0.1) is 24.8 Å². The van der Waals surface area contributed by atoms with Gasteiger partial charge < -0.3 is 9.47 Å². The minimum Gasteiger partial charge on any atom is -0.496 e. The van der Waals surface area contributed by atoms with Gasteiger partial charge in [-0.1, -0.05) is 27.6 Å². The highest BCUT2D eigenvalue weighted by atomic mass is 79.9. The fraction of sp³-hybridized carbons (Fsp3) is 0.235. The van der Waals surface area contributed by atoms with Crippen molar-refractivity contribution >= 4 is 21.7 Å². The van der Waals surface area contributed by atoms with Crippen LogP contribution in [0.4, 0.5) is 0 Å². The number of hydrogen-bond acceptors (Lipinski definition) is 3. The van der Waals surface area contributed by atoms with Crippen molar-refractivity contribution in [3.05, 3.63) is 57.6 Å². The van der Waals surface area contributed by atoms with E-state index in [0.717, 1.165) is 10.0 Å². The van der Waals surface area contributed by atoms with Gasteiger partial charge in [0, 0.05) is 4.47 Å². The zero-order valence-corrected chi connectivity index (χ0v) is 13.9. The summed E-state index contributed by atoms with van der Waals surface area (Å²) in [5, 5.41) is 0. The number of ether oxygens (including phenoxy) is 2. The van der Waals surface area contributed by atoms with Crippen molar-refractivity contribution < 1.29 is 14.3 Å². The molecule has 0 unspecified atom stereocenters. The third kappa shape index (κ3) is 3.45. The standard InChI is InChI=1S/C17H17BrO3/c1-4-21-16-8-6-12(18)10-14(16)17(19)13-9-11(2)5-7-15(13)20-3/h5-10H,4H2,1-3H3. The summed E-state index contributed by atoms with van der Waals surface area (Å²) in [6.07, 6.45) is 0. The fourth-order valence-electron chi connectivity index (χ4n) is 2.11. The lowest BCUT2D eigenvalue weighted by Crippen LogP contribution is -2.07. The molecule has 0 bridgehead atoms. The number of ketones is 1. The maximum atomic E-state index is 12.8. The van der Waals surface area contributed by atoms with Crippen LogP contribution in [-0.4, -0.2) is 19.5 Å². The van der Waals surface area contributed by atoms with E-state index in [2.05, 4.69) is 15.9 Å². The molecule has 0 radical (unpaired) electrons. The molecule has 0 spiro atoms. The molecule has 0 fully saturated rings. The molecule has 2 aromatic rings. The van der Waals surface area contributed by atoms with Crippen LogP contribution in [0.3, 0.4) is 0 Å². The average molecular weight is 349 g/mol. The van der Waals surface area contributed by atoms with Crippen LogP contribution in [0.1, 0.15) is 28.4 Å². The second-order valence-corrected chi connectivity index (χ2v) is 5.52. The van der Waals surface area contributed by atoms with E-state index in [0.29, 0.717) is 29.2 Å². The largest absolute Gasteiger partial charge is 0.496 e. The lowest BCUT2D eigenvalue weighted by Gasteiger charge is -2.12. The maximum Gasteiger partial charge on any atom is 0.200 e. The number of benzene rings is 2. The van der Waals surface area contributed by atoms with Crippen molar-refractivity contribution in [3.63, 3.8) is 0 Å². The Bertz CT molecular complexity index is 665. The van der Waals surface area contributed by atoms with Crippen molar-refractivity contribution in [1.82, 2.24) is 0 Å². The highest BCUT2D eigenvalue weighted by molar-refractivity contribution is 9.10. The quantitative estimate of drug-likeness (QED) is 0.751. The SMILES string of the molecule is CCOc1ccc(Br)cc1C(=O)c1cc(C)ccc1OC. The van der Waals surface area contributed by atoms with E-state index in [4.69, 9.17) is 9.47 Å². The number of halogens is 1. The number of hydrogen-bond donors (Lipinski definition) is 0. The molecule has 21 heavy (non-hydrogen) atoms. The fourth-order valence-corrected chi connectivity index (χ4v) is 2.47. The van der Waals surface area contributed by atoms with Gasteiger partial charge in [0.25, 0.3) is 0 Å². The summed E-state index contributed by atoms with van der Waals surface area (Å²) in [5.74, 6) is 1.03. The Hall–Kier alpha value is -1.81. The molecule has 0 heterocycles. The summed E-state index contributed by atoms with van der Waals surface area (Å²) in [7, 11) is 1.56. The molecule has 0 atom stereocenters. The van der Waals surface area contributed by atoms with E-state index in [-0.39, 0.29) is 5.78 Å². The van der Waals surface area contributed by atoms with E-state index < -0.39 is 0 Å². The van der Waals surface area contributed by atoms with Gasteiger partial charge in [0.15, 0.2) is 0 Å². The topological polar surface area (TPSA) is 35.5 Å². The van der Waals surface area contributed by atoms with E-state index in [1.807, 2.05) is 32.0 Å². The highest BCUT2D eigenvalue weighted by Crippen LogP contribution is 2.29. The van der Waals surface area contributed by atoms with Crippen molar-refractivity contribution in [3.8, 4) is 11.5 Å². The smallest absolute Gasteiger partial charge is 0.200 e. The molecular weight excluding hydrogens is 332 g/mol. The van der Waals surface area contributed by atoms with Gasteiger partial charge in [-0.05, 0) is 44.2 Å². The molecule has 0 amide bonds. The Balaban J connectivity index is 2.54. The lowest BCUT2D eigenvalue weighted by molar-refractivity contribution is 0.103. The van der Waals surface area contributed by atoms with Crippen molar-refractivity contribution in [2.75, 3.05) is 13.7 Å². The zero-order chi connectivity index (χ0) is 15.4. The van der Waals surface area contributed by atoms with Crippen molar-refractivity contribution in [2.45, 2.75) is 13.8 Å². The summed E-state index contributed by atoms with van der Waals surface area (Å²) in [6.45, 7) is 4.34. The van der Waals surface area contributed by atoms with Gasteiger partial charge in [-0.3, -0.25) is 4.79 Å². The van der Waals surface area contributed by atoms with Gasteiger partial charge in [-0.25, -0.2) is 0 Å². The molecular formula is C17H17BrO3.